The zero-order valence-corrected chi connectivity index (χ0v) is 34.2. The Bertz CT molecular complexity index is 3140. The molecule has 0 nitrogen and oxygen atoms in total. The van der Waals surface area contributed by atoms with E-state index in [2.05, 4.69) is 196 Å². The fourth-order valence-corrected chi connectivity index (χ4v) is 17.0. The molecule has 0 unspecified atom stereocenters. The zero-order valence-electron chi connectivity index (χ0n) is 32.2. The van der Waals surface area contributed by atoms with E-state index >= 15 is 0 Å². The minimum Gasteiger partial charge on any atom is -0.0616 e. The maximum Gasteiger partial charge on any atom is 0.113 e. The average Bonchev–Trinajstić information content (AvgIpc) is 3.62. The first-order valence-corrected chi connectivity index (χ1v) is 26.0. The summed E-state index contributed by atoms with van der Waals surface area (Å²) in [6.07, 6.45) is 0. The first-order valence-electron chi connectivity index (χ1n) is 20.0. The summed E-state index contributed by atoms with van der Waals surface area (Å²) in [5.41, 5.74) is 11.1. The minimum atomic E-state index is -1.99. The van der Waals surface area contributed by atoms with Crippen LogP contribution in [-0.2, 0) is 0 Å². The Balaban J connectivity index is 1.03. The first kappa shape index (κ1) is 32.2. The molecule has 56 heavy (non-hydrogen) atoms. The molecular weight excluding hydrogens is 705 g/mol. The second-order valence-electron chi connectivity index (χ2n) is 17.2. The Kier molecular flexibility index (Phi) is 6.47. The molecule has 0 aromatic heterocycles. The third-order valence-electron chi connectivity index (χ3n) is 13.6. The molecule has 2 heteroatoms. The normalized spacial score (nSPS) is 14.7. The second-order valence-corrected chi connectivity index (χ2v) is 25.9. The third-order valence-corrected chi connectivity index (χ3v) is 20.7. The maximum atomic E-state index is 2.56. The van der Waals surface area contributed by atoms with Gasteiger partial charge in [-0.25, -0.2) is 0 Å². The first-order chi connectivity index (χ1) is 27.3. The molecule has 0 saturated heterocycles. The lowest BCUT2D eigenvalue weighted by Crippen LogP contribution is -2.49. The monoisotopic (exact) mass is 744 g/mol. The predicted molar refractivity (Wildman–Crippen MR) is 249 cm³/mol. The van der Waals surface area contributed by atoms with Crippen molar-refractivity contribution in [3.05, 3.63) is 170 Å². The molecule has 0 atom stereocenters. The van der Waals surface area contributed by atoms with Gasteiger partial charge in [0.1, 0.15) is 16.1 Å². The van der Waals surface area contributed by atoms with Crippen LogP contribution >= 0.6 is 0 Å². The maximum absolute atomic E-state index is 2.56. The Morgan fingerprint density at radius 2 is 0.643 bits per heavy atom. The second kappa shape index (κ2) is 11.3. The number of hydrogen-bond acceptors (Lipinski definition) is 0. The molecule has 0 N–H and O–H groups in total. The van der Waals surface area contributed by atoms with Crippen molar-refractivity contribution in [1.29, 1.82) is 0 Å². The fraction of sp³-hybridized carbons (Fsp3) is 0.0741. The molecule has 0 aliphatic carbocycles. The minimum absolute atomic E-state index is 1.30. The summed E-state index contributed by atoms with van der Waals surface area (Å²) in [7, 11) is -3.98. The van der Waals surface area contributed by atoms with Gasteiger partial charge in [0.05, 0.1) is 0 Å². The van der Waals surface area contributed by atoms with Crippen molar-refractivity contribution >= 4 is 90.8 Å². The highest BCUT2D eigenvalue weighted by atomic mass is 28.3. The molecule has 0 spiro atoms. The van der Waals surface area contributed by atoms with Crippen LogP contribution < -0.4 is 20.7 Å². The molecular formula is C54H40Si2. The van der Waals surface area contributed by atoms with Gasteiger partial charge < -0.3 is 0 Å². The van der Waals surface area contributed by atoms with E-state index in [1.807, 2.05) is 0 Å². The standard InChI is InChI=1S/C54H40Si2/c1-55(2)49-27-25-44-43(53(49)45-23-21-35(31-51(45)55)47-29-33-13-5-7-15-37(33)39-17-9-11-19-41(39)47)26-28-50-54(44)46-24-22-36(32-52(46)56(50,3)4)48-30-34-14-6-8-16-38(34)40-18-10-12-20-42(40)48/h5-32H,1-4H3. The summed E-state index contributed by atoms with van der Waals surface area (Å²) in [6, 6.07) is 65.1. The van der Waals surface area contributed by atoms with Gasteiger partial charge in [0, 0.05) is 0 Å². The van der Waals surface area contributed by atoms with Crippen LogP contribution in [0.3, 0.4) is 0 Å². The van der Waals surface area contributed by atoms with Gasteiger partial charge in [0.25, 0.3) is 0 Å². The van der Waals surface area contributed by atoms with Crippen molar-refractivity contribution in [2.45, 2.75) is 26.2 Å². The van der Waals surface area contributed by atoms with Crippen LogP contribution in [0.2, 0.25) is 26.2 Å². The highest BCUT2D eigenvalue weighted by Crippen LogP contribution is 2.43. The van der Waals surface area contributed by atoms with Crippen LogP contribution in [-0.4, -0.2) is 16.1 Å². The highest BCUT2D eigenvalue weighted by Gasteiger charge is 2.42. The number of benzene rings is 10. The molecule has 0 radical (unpaired) electrons. The lowest BCUT2D eigenvalue weighted by Gasteiger charge is -2.21. The van der Waals surface area contributed by atoms with Gasteiger partial charge in [-0.05, 0) is 131 Å². The summed E-state index contributed by atoms with van der Waals surface area (Å²) in [5, 5.41) is 19.6. The Morgan fingerprint density at radius 1 is 0.268 bits per heavy atom. The van der Waals surface area contributed by atoms with Crippen molar-refractivity contribution in [1.82, 2.24) is 0 Å². The molecule has 2 aliphatic rings. The summed E-state index contributed by atoms with van der Waals surface area (Å²) in [5.74, 6) is 0. The molecule has 264 valence electrons. The highest BCUT2D eigenvalue weighted by molar-refractivity contribution is 7.05. The van der Waals surface area contributed by atoms with E-state index in [9.17, 15) is 0 Å². The van der Waals surface area contributed by atoms with Crippen molar-refractivity contribution in [3.8, 4) is 44.5 Å². The predicted octanol–water partition coefficient (Wildman–Crippen LogP) is 12.4. The average molecular weight is 745 g/mol. The van der Waals surface area contributed by atoms with E-state index in [0.717, 1.165) is 0 Å². The van der Waals surface area contributed by atoms with E-state index in [1.165, 1.54) is 98.4 Å². The molecule has 2 heterocycles. The summed E-state index contributed by atoms with van der Waals surface area (Å²) >= 11 is 0. The van der Waals surface area contributed by atoms with Crippen LogP contribution in [0.4, 0.5) is 0 Å². The van der Waals surface area contributed by atoms with Crippen LogP contribution in [0.15, 0.2) is 170 Å². The molecule has 0 saturated carbocycles. The lowest BCUT2D eigenvalue weighted by atomic mass is 9.90. The number of rotatable bonds is 2. The van der Waals surface area contributed by atoms with E-state index in [1.54, 1.807) is 20.7 Å². The van der Waals surface area contributed by atoms with Crippen molar-refractivity contribution in [3.63, 3.8) is 0 Å². The van der Waals surface area contributed by atoms with E-state index in [0.29, 0.717) is 0 Å². The van der Waals surface area contributed by atoms with Crippen molar-refractivity contribution < 1.29 is 0 Å². The van der Waals surface area contributed by atoms with Gasteiger partial charge in [0.15, 0.2) is 0 Å². The molecule has 0 amide bonds. The third kappa shape index (κ3) is 4.23. The lowest BCUT2D eigenvalue weighted by molar-refractivity contribution is 1.68. The Morgan fingerprint density at radius 3 is 1.07 bits per heavy atom. The molecule has 2 aliphatic heterocycles. The Hall–Kier alpha value is -6.07. The van der Waals surface area contributed by atoms with Crippen LogP contribution in [0, 0.1) is 0 Å². The van der Waals surface area contributed by atoms with Gasteiger partial charge in [-0.15, -0.1) is 0 Å². The number of fused-ring (bicyclic) bond motifs is 15. The molecule has 0 bridgehead atoms. The fourth-order valence-electron chi connectivity index (χ4n) is 10.8. The zero-order chi connectivity index (χ0) is 37.5. The van der Waals surface area contributed by atoms with E-state index < -0.39 is 16.1 Å². The van der Waals surface area contributed by atoms with Gasteiger partial charge in [-0.2, -0.15) is 0 Å². The van der Waals surface area contributed by atoms with Gasteiger partial charge in [0.2, 0.25) is 0 Å². The number of hydrogen-bond donors (Lipinski definition) is 0. The van der Waals surface area contributed by atoms with Crippen LogP contribution in [0.5, 0.6) is 0 Å². The topological polar surface area (TPSA) is 0 Å². The van der Waals surface area contributed by atoms with Crippen molar-refractivity contribution in [2.75, 3.05) is 0 Å². The summed E-state index contributed by atoms with van der Waals surface area (Å²) in [6.45, 7) is 10.2. The molecule has 10 aromatic carbocycles. The largest absolute Gasteiger partial charge is 0.113 e. The smallest absolute Gasteiger partial charge is 0.0616 e. The van der Waals surface area contributed by atoms with Crippen LogP contribution in [0.25, 0.3) is 98.4 Å². The van der Waals surface area contributed by atoms with E-state index in [-0.39, 0.29) is 0 Å². The Labute approximate surface area is 329 Å². The van der Waals surface area contributed by atoms with Crippen LogP contribution in [0.1, 0.15) is 0 Å². The van der Waals surface area contributed by atoms with Crippen molar-refractivity contribution in [2.24, 2.45) is 0 Å². The molecule has 10 aromatic rings. The van der Waals surface area contributed by atoms with Gasteiger partial charge in [-0.1, -0.05) is 184 Å². The van der Waals surface area contributed by atoms with E-state index in [4.69, 9.17) is 0 Å². The SMILES string of the molecule is C[Si]1(C)c2cc(-c3cc4ccccc4c4ccccc34)ccc2-c2c1ccc1c3c(ccc21)[Si](C)(C)c1cc(-c2cc4ccccc4c4ccccc24)ccc1-3. The molecule has 12 rings (SSSR count). The molecule has 0 fully saturated rings. The van der Waals surface area contributed by atoms with Gasteiger partial charge >= 0.3 is 0 Å². The summed E-state index contributed by atoms with van der Waals surface area (Å²) in [4.78, 5) is 0. The van der Waals surface area contributed by atoms with Gasteiger partial charge in [-0.3, -0.25) is 0 Å². The summed E-state index contributed by atoms with van der Waals surface area (Å²) < 4.78 is 0. The quantitative estimate of drug-likeness (QED) is 0.122.